The monoisotopic (exact) mass is 469 g/mol. The van der Waals surface area contributed by atoms with Crippen molar-refractivity contribution in [2.24, 2.45) is 0 Å². The molecule has 9 nitrogen and oxygen atoms in total. The molecule has 1 aromatic heterocycles. The average Bonchev–Trinajstić information content (AvgIpc) is 3.19. The van der Waals surface area contributed by atoms with Gasteiger partial charge in [-0.15, -0.1) is 0 Å². The fourth-order valence-corrected chi connectivity index (χ4v) is 3.22. The van der Waals surface area contributed by atoms with Gasteiger partial charge in [0.25, 0.3) is 0 Å². The number of benzene rings is 2. The molecule has 182 valence electrons. The van der Waals surface area contributed by atoms with Crippen molar-refractivity contribution in [1.82, 2.24) is 15.3 Å². The van der Waals surface area contributed by atoms with Gasteiger partial charge < -0.3 is 34.6 Å². The lowest BCUT2D eigenvalue weighted by molar-refractivity contribution is 0.103. The van der Waals surface area contributed by atoms with E-state index in [0.717, 1.165) is 6.54 Å². The van der Waals surface area contributed by atoms with Crippen LogP contribution < -0.4 is 25.2 Å². The van der Waals surface area contributed by atoms with E-state index in [0.29, 0.717) is 54.7 Å². The molecule has 0 saturated carbocycles. The van der Waals surface area contributed by atoms with Crippen LogP contribution in [-0.4, -0.2) is 59.9 Å². The second kappa shape index (κ2) is 12.6. The molecule has 0 spiro atoms. The number of nitrogens with one attached hydrogen (secondary N) is 3. The van der Waals surface area contributed by atoms with E-state index in [2.05, 4.69) is 15.3 Å². The highest BCUT2D eigenvalue weighted by atomic mass is 16.5. The number of ether oxygens (including phenoxy) is 3. The molecule has 0 aliphatic carbocycles. The Morgan fingerprint density at radius 3 is 2.32 bits per heavy atom. The number of imidazole rings is 1. The summed E-state index contributed by atoms with van der Waals surface area (Å²) in [6, 6.07) is 14.1. The first kappa shape index (κ1) is 25.1. The zero-order chi connectivity index (χ0) is 24.3. The van der Waals surface area contributed by atoms with E-state index in [9.17, 15) is 14.7 Å². The summed E-state index contributed by atoms with van der Waals surface area (Å²) in [6.45, 7) is 5.94. The molecule has 34 heavy (non-hydrogen) atoms. The van der Waals surface area contributed by atoms with Gasteiger partial charge in [0.1, 0.15) is 24.2 Å². The molecule has 0 radical (unpaired) electrons. The molecule has 0 aliphatic heterocycles. The Labute approximate surface area is 198 Å². The molecule has 0 bridgehead atoms. The van der Waals surface area contributed by atoms with Crippen LogP contribution in [0.15, 0.2) is 53.3 Å². The van der Waals surface area contributed by atoms with Gasteiger partial charge in [-0.05, 0) is 49.9 Å². The van der Waals surface area contributed by atoms with Gasteiger partial charge in [-0.2, -0.15) is 0 Å². The summed E-state index contributed by atoms with van der Waals surface area (Å²) in [4.78, 5) is 28.9. The maximum absolute atomic E-state index is 12.5. The molecule has 2 aromatic carbocycles. The number of carbonyl (C=O) groups excluding carboxylic acids is 1. The average molecular weight is 470 g/mol. The Kier molecular flexibility index (Phi) is 9.30. The number of rotatable bonds is 14. The standard InChI is InChI=1S/C25H31N3O6/c1-3-26-15-19(29)16-34-22-8-5-4-7-21(22)33-14-6-13-32-20-11-9-18(10-12-20)24(30)23-17(2)27-25(31)28-23/h4-5,7-12,19,26,29H,3,6,13-16H2,1-2H3,(H2,27,28,31). The van der Waals surface area contributed by atoms with Crippen molar-refractivity contribution < 1.29 is 24.1 Å². The van der Waals surface area contributed by atoms with Crippen molar-refractivity contribution in [2.45, 2.75) is 26.4 Å². The zero-order valence-electron chi connectivity index (χ0n) is 19.4. The fourth-order valence-electron chi connectivity index (χ4n) is 3.22. The number of H-pyrrole nitrogens is 2. The predicted octanol–water partition coefficient (Wildman–Crippen LogP) is 2.44. The number of aryl methyl sites for hydroxylation is 1. The normalized spacial score (nSPS) is 11.7. The van der Waals surface area contributed by atoms with Gasteiger partial charge in [0.15, 0.2) is 11.5 Å². The van der Waals surface area contributed by atoms with Crippen LogP contribution in [-0.2, 0) is 0 Å². The van der Waals surface area contributed by atoms with E-state index in [1.165, 1.54) is 0 Å². The predicted molar refractivity (Wildman–Crippen MR) is 128 cm³/mol. The summed E-state index contributed by atoms with van der Waals surface area (Å²) in [7, 11) is 0. The molecular weight excluding hydrogens is 438 g/mol. The summed E-state index contributed by atoms with van der Waals surface area (Å²) in [5, 5.41) is 13.0. The molecule has 0 saturated heterocycles. The number of carbonyl (C=O) groups is 1. The highest BCUT2D eigenvalue weighted by molar-refractivity contribution is 6.08. The third-order valence-corrected chi connectivity index (χ3v) is 4.98. The third kappa shape index (κ3) is 7.23. The SMILES string of the molecule is CCNCC(O)COc1ccccc1OCCCOc1ccc(C(=O)c2[nH]c(=O)[nH]c2C)cc1. The van der Waals surface area contributed by atoms with Gasteiger partial charge in [-0.1, -0.05) is 19.1 Å². The number of aromatic amines is 2. The lowest BCUT2D eigenvalue weighted by Crippen LogP contribution is -2.31. The van der Waals surface area contributed by atoms with Crippen LogP contribution in [0.25, 0.3) is 0 Å². The van der Waals surface area contributed by atoms with Crippen molar-refractivity contribution in [3.05, 3.63) is 76.0 Å². The first-order valence-corrected chi connectivity index (χ1v) is 11.3. The Morgan fingerprint density at radius 1 is 1.00 bits per heavy atom. The van der Waals surface area contributed by atoms with Crippen molar-refractivity contribution >= 4 is 5.78 Å². The van der Waals surface area contributed by atoms with Crippen LogP contribution in [0.1, 0.15) is 35.1 Å². The minimum absolute atomic E-state index is 0.175. The van der Waals surface area contributed by atoms with Crippen LogP contribution >= 0.6 is 0 Å². The topological polar surface area (TPSA) is 126 Å². The molecule has 1 atom stereocenters. The number of aromatic nitrogens is 2. The van der Waals surface area contributed by atoms with Crippen molar-refractivity contribution in [3.63, 3.8) is 0 Å². The van der Waals surface area contributed by atoms with Crippen molar-refractivity contribution in [2.75, 3.05) is 32.9 Å². The molecule has 0 amide bonds. The summed E-state index contributed by atoms with van der Waals surface area (Å²) in [6.07, 6.45) is 0.0411. The van der Waals surface area contributed by atoms with Gasteiger partial charge in [0, 0.05) is 24.2 Å². The summed E-state index contributed by atoms with van der Waals surface area (Å²) < 4.78 is 17.3. The van der Waals surface area contributed by atoms with E-state index in [-0.39, 0.29) is 18.1 Å². The Balaban J connectivity index is 1.42. The Morgan fingerprint density at radius 2 is 1.68 bits per heavy atom. The van der Waals surface area contributed by atoms with Gasteiger partial charge in [0.05, 0.1) is 13.2 Å². The van der Waals surface area contributed by atoms with E-state index < -0.39 is 11.8 Å². The van der Waals surface area contributed by atoms with Gasteiger partial charge in [-0.25, -0.2) is 4.79 Å². The van der Waals surface area contributed by atoms with Crippen molar-refractivity contribution in [3.8, 4) is 17.2 Å². The van der Waals surface area contributed by atoms with Crippen LogP contribution in [0.4, 0.5) is 0 Å². The Hall–Kier alpha value is -3.56. The van der Waals surface area contributed by atoms with Gasteiger partial charge in [-0.3, -0.25) is 4.79 Å². The van der Waals surface area contributed by atoms with Crippen LogP contribution in [0.2, 0.25) is 0 Å². The molecule has 3 rings (SSSR count). The fraction of sp³-hybridized carbons (Fsp3) is 0.360. The van der Waals surface area contributed by atoms with Gasteiger partial charge >= 0.3 is 5.69 Å². The number of hydrogen-bond donors (Lipinski definition) is 4. The summed E-state index contributed by atoms with van der Waals surface area (Å²) in [5.41, 5.74) is 0.819. The molecule has 0 fully saturated rings. The minimum Gasteiger partial charge on any atom is -0.493 e. The number of likely N-dealkylation sites (N-methyl/N-ethyl adjacent to an activating group) is 1. The second-order valence-electron chi connectivity index (χ2n) is 7.70. The number of hydrogen-bond acceptors (Lipinski definition) is 7. The van der Waals surface area contributed by atoms with Gasteiger partial charge in [0.2, 0.25) is 5.78 Å². The van der Waals surface area contributed by atoms with E-state index in [1.807, 2.05) is 25.1 Å². The lowest BCUT2D eigenvalue weighted by Gasteiger charge is -2.15. The maximum atomic E-state index is 12.5. The molecule has 1 heterocycles. The molecule has 1 unspecified atom stereocenters. The third-order valence-electron chi connectivity index (χ3n) is 4.98. The number of aliphatic hydroxyl groups is 1. The number of para-hydroxylation sites is 2. The number of aliphatic hydroxyl groups excluding tert-OH is 1. The molecule has 3 aromatic rings. The molecule has 0 aliphatic rings. The summed E-state index contributed by atoms with van der Waals surface area (Å²) >= 11 is 0. The van der Waals surface area contributed by atoms with Crippen LogP contribution in [0.5, 0.6) is 17.2 Å². The molecular formula is C25H31N3O6. The van der Waals surface area contributed by atoms with Crippen molar-refractivity contribution in [1.29, 1.82) is 0 Å². The minimum atomic E-state index is -0.600. The van der Waals surface area contributed by atoms with E-state index >= 15 is 0 Å². The van der Waals surface area contributed by atoms with Crippen LogP contribution in [0, 0.1) is 6.92 Å². The second-order valence-corrected chi connectivity index (χ2v) is 7.70. The highest BCUT2D eigenvalue weighted by Gasteiger charge is 2.14. The smallest absolute Gasteiger partial charge is 0.323 e. The first-order chi connectivity index (χ1) is 16.5. The quantitative estimate of drug-likeness (QED) is 0.211. The lowest BCUT2D eigenvalue weighted by atomic mass is 10.1. The molecule has 9 heteroatoms. The maximum Gasteiger partial charge on any atom is 0.323 e. The summed E-state index contributed by atoms with van der Waals surface area (Å²) in [5.74, 6) is 1.57. The number of ketones is 1. The Bertz CT molecular complexity index is 1110. The van der Waals surface area contributed by atoms with E-state index in [1.54, 1.807) is 37.3 Å². The zero-order valence-corrected chi connectivity index (χ0v) is 19.4. The van der Waals surface area contributed by atoms with E-state index in [4.69, 9.17) is 14.2 Å². The van der Waals surface area contributed by atoms with Crippen LogP contribution in [0.3, 0.4) is 0 Å². The highest BCUT2D eigenvalue weighted by Crippen LogP contribution is 2.26. The molecule has 4 N–H and O–H groups in total. The first-order valence-electron chi connectivity index (χ1n) is 11.3. The largest absolute Gasteiger partial charge is 0.493 e.